The number of carbonyl (C=O) groups excluding carboxylic acids is 6. The molecule has 0 aromatic carbocycles. The Bertz CT molecular complexity index is 1050. The van der Waals surface area contributed by atoms with E-state index in [1.807, 2.05) is 5.32 Å². The normalized spacial score (nSPS) is 30.5. The molecular weight excluding hydrogens is 526 g/mol. The summed E-state index contributed by atoms with van der Waals surface area (Å²) in [5.74, 6) is -5.56. The average Bonchev–Trinajstić information content (AvgIpc) is 2.87. The Morgan fingerprint density at radius 1 is 0.974 bits per heavy atom. The summed E-state index contributed by atoms with van der Waals surface area (Å²) in [4.78, 5) is 78.7. The number of rotatable bonds is 4. The monoisotopic (exact) mass is 557 g/mol. The second kappa shape index (κ2) is 13.9. The average molecular weight is 558 g/mol. The van der Waals surface area contributed by atoms with Gasteiger partial charge in [0.1, 0.15) is 29.9 Å². The fourth-order valence-corrected chi connectivity index (χ4v) is 3.39. The molecule has 6 atom stereocenters. The SMILES string of the molecule is NC(=O)N/C=C1/NC(=O)[C@H](CO)NC(=O)[C@H](CO)NC(=O)[C@@H](N)CNC(=O)[C@H]([C@H]2C[C@@H](O)N=C(N)N2)NC1=O. The van der Waals surface area contributed by atoms with Gasteiger partial charge in [-0.25, -0.2) is 9.79 Å². The molecule has 1 saturated heterocycles. The minimum absolute atomic E-state index is 0.215. The van der Waals surface area contributed by atoms with Crippen LogP contribution in [0.5, 0.6) is 0 Å². The third-order valence-corrected chi connectivity index (χ3v) is 5.38. The van der Waals surface area contributed by atoms with E-state index in [2.05, 4.69) is 36.9 Å². The van der Waals surface area contributed by atoms with Crippen molar-refractivity contribution in [2.24, 2.45) is 22.2 Å². The molecule has 2 heterocycles. The smallest absolute Gasteiger partial charge is 0.316 e. The van der Waals surface area contributed by atoms with Crippen molar-refractivity contribution in [1.82, 2.24) is 37.2 Å². The second-order valence-electron chi connectivity index (χ2n) is 8.33. The summed E-state index contributed by atoms with van der Waals surface area (Å²) >= 11 is 0. The van der Waals surface area contributed by atoms with Crippen LogP contribution in [0.2, 0.25) is 0 Å². The highest BCUT2D eigenvalue weighted by Gasteiger charge is 2.36. The molecule has 0 spiro atoms. The zero-order chi connectivity index (χ0) is 29.3. The number of nitrogens with two attached hydrogens (primary N) is 3. The number of hydrogen-bond acceptors (Lipinski definition) is 13. The van der Waals surface area contributed by atoms with Crippen molar-refractivity contribution in [3.63, 3.8) is 0 Å². The molecule has 7 amide bonds. The number of primary amides is 1. The van der Waals surface area contributed by atoms with Crippen LogP contribution in [0.4, 0.5) is 4.79 Å². The molecule has 0 aromatic heterocycles. The number of aliphatic hydroxyl groups is 3. The van der Waals surface area contributed by atoms with E-state index in [9.17, 15) is 44.1 Å². The van der Waals surface area contributed by atoms with Crippen LogP contribution in [0.15, 0.2) is 16.9 Å². The van der Waals surface area contributed by atoms with Crippen molar-refractivity contribution in [3.8, 4) is 0 Å². The number of hydrogen-bond donors (Lipinski definition) is 13. The third-order valence-electron chi connectivity index (χ3n) is 5.38. The number of guanidine groups is 1. The number of aliphatic imine (C=N–C) groups is 1. The Hall–Kier alpha value is -4.53. The number of nitrogens with zero attached hydrogens (tertiary/aromatic N) is 1. The number of aliphatic hydroxyl groups excluding tert-OH is 3. The molecule has 39 heavy (non-hydrogen) atoms. The van der Waals surface area contributed by atoms with E-state index in [1.165, 1.54) is 0 Å². The molecule has 216 valence electrons. The summed E-state index contributed by atoms with van der Waals surface area (Å²) in [6, 6.07) is -8.48. The van der Waals surface area contributed by atoms with E-state index in [-0.39, 0.29) is 12.4 Å². The van der Waals surface area contributed by atoms with Gasteiger partial charge in [0.15, 0.2) is 12.2 Å². The maximum Gasteiger partial charge on any atom is 0.316 e. The van der Waals surface area contributed by atoms with Crippen molar-refractivity contribution in [3.05, 3.63) is 11.9 Å². The van der Waals surface area contributed by atoms with Crippen LogP contribution in [-0.4, -0.2) is 113 Å². The highest BCUT2D eigenvalue weighted by Crippen LogP contribution is 2.10. The predicted octanol–water partition coefficient (Wildman–Crippen LogP) is -8.50. The van der Waals surface area contributed by atoms with Gasteiger partial charge in [-0.15, -0.1) is 0 Å². The molecule has 0 aromatic rings. The first-order valence-corrected chi connectivity index (χ1v) is 11.4. The van der Waals surface area contributed by atoms with E-state index < -0.39 is 97.5 Å². The molecule has 1 fully saturated rings. The number of carbonyl (C=O) groups is 6. The molecule has 0 unspecified atom stereocenters. The zero-order valence-corrected chi connectivity index (χ0v) is 20.3. The van der Waals surface area contributed by atoms with Crippen LogP contribution < -0.4 is 54.4 Å². The Morgan fingerprint density at radius 2 is 1.59 bits per heavy atom. The van der Waals surface area contributed by atoms with E-state index in [4.69, 9.17) is 17.2 Å². The zero-order valence-electron chi connectivity index (χ0n) is 20.3. The maximum absolute atomic E-state index is 13.1. The maximum atomic E-state index is 13.1. The van der Waals surface area contributed by atoms with Crippen molar-refractivity contribution >= 4 is 41.5 Å². The van der Waals surface area contributed by atoms with Crippen LogP contribution in [0.3, 0.4) is 0 Å². The van der Waals surface area contributed by atoms with Crippen molar-refractivity contribution in [1.29, 1.82) is 0 Å². The van der Waals surface area contributed by atoms with Gasteiger partial charge in [0.25, 0.3) is 5.91 Å². The molecule has 0 radical (unpaired) electrons. The summed E-state index contributed by atoms with van der Waals surface area (Å²) in [5, 5.41) is 44.7. The molecular formula is C19H31N11O9. The quantitative estimate of drug-likeness (QED) is 0.143. The first kappa shape index (κ1) is 30.7. The first-order valence-electron chi connectivity index (χ1n) is 11.4. The first-order chi connectivity index (χ1) is 18.4. The molecule has 2 rings (SSSR count). The molecule has 2 aliphatic rings. The fourth-order valence-electron chi connectivity index (χ4n) is 3.39. The lowest BCUT2D eigenvalue weighted by molar-refractivity contribution is -0.134. The Labute approximate surface area is 220 Å². The van der Waals surface area contributed by atoms with Gasteiger partial charge >= 0.3 is 6.03 Å². The van der Waals surface area contributed by atoms with E-state index in [0.29, 0.717) is 6.20 Å². The summed E-state index contributed by atoms with van der Waals surface area (Å²) in [7, 11) is 0. The molecule has 0 bridgehead atoms. The second-order valence-corrected chi connectivity index (χ2v) is 8.33. The van der Waals surface area contributed by atoms with Gasteiger partial charge < -0.3 is 69.7 Å². The van der Waals surface area contributed by atoms with E-state index >= 15 is 0 Å². The molecule has 0 aliphatic carbocycles. The fraction of sp³-hybridized carbons (Fsp3) is 0.526. The number of urea groups is 1. The number of amides is 7. The van der Waals surface area contributed by atoms with Crippen molar-refractivity contribution in [2.45, 2.75) is 42.9 Å². The predicted molar refractivity (Wildman–Crippen MR) is 129 cm³/mol. The number of nitrogens with one attached hydrogen (secondary N) is 7. The van der Waals surface area contributed by atoms with Gasteiger partial charge in [0, 0.05) is 19.2 Å². The van der Waals surface area contributed by atoms with Gasteiger partial charge in [-0.3, -0.25) is 24.0 Å². The lowest BCUT2D eigenvalue weighted by Gasteiger charge is -2.32. The van der Waals surface area contributed by atoms with Crippen LogP contribution in [0, 0.1) is 0 Å². The standard InChI is InChI=1S/C19H31N11O9/c20-6-2-23-17(38)12(7-1-11(33)29-18(21)28-7)30-14(35)8(3-24-19(22)39)25-15(36)10(5-32)27-16(37)9(4-31)26-13(6)34/h3,6-7,9-12,31-33H,1-2,4-5,20H2,(H,23,38)(H,25,36)(H,26,34)(H,27,37)(H,30,35)(H3,21,28,29)(H3,22,24,39)/b8-3+/t6-,7+,9-,10-,11+,12-/m0/s1. The van der Waals surface area contributed by atoms with E-state index in [0.717, 1.165) is 0 Å². The molecule has 2 aliphatic heterocycles. The highest BCUT2D eigenvalue weighted by molar-refractivity contribution is 6.02. The molecule has 16 N–H and O–H groups in total. The van der Waals surface area contributed by atoms with Gasteiger partial charge in [0.05, 0.1) is 19.3 Å². The van der Waals surface area contributed by atoms with Crippen LogP contribution in [-0.2, 0) is 24.0 Å². The van der Waals surface area contributed by atoms with Gasteiger partial charge in [-0.2, -0.15) is 0 Å². The van der Waals surface area contributed by atoms with Crippen molar-refractivity contribution < 1.29 is 44.1 Å². The minimum atomic E-state index is -1.71. The van der Waals surface area contributed by atoms with Crippen LogP contribution >= 0.6 is 0 Å². The molecule has 20 heteroatoms. The Balaban J connectivity index is 2.48. The topological polar surface area (TPSA) is 338 Å². The van der Waals surface area contributed by atoms with Crippen LogP contribution in [0.25, 0.3) is 0 Å². The lowest BCUT2D eigenvalue weighted by Crippen LogP contribution is -2.64. The Kier molecular flexibility index (Phi) is 10.9. The highest BCUT2D eigenvalue weighted by atomic mass is 16.3. The molecule has 20 nitrogen and oxygen atoms in total. The summed E-state index contributed by atoms with van der Waals surface area (Å²) in [5.41, 5.74) is 15.8. The Morgan fingerprint density at radius 3 is 2.18 bits per heavy atom. The van der Waals surface area contributed by atoms with Crippen LogP contribution in [0.1, 0.15) is 6.42 Å². The summed E-state index contributed by atoms with van der Waals surface area (Å²) in [6.45, 7) is -2.42. The van der Waals surface area contributed by atoms with E-state index in [1.54, 1.807) is 0 Å². The third kappa shape index (κ3) is 8.77. The van der Waals surface area contributed by atoms with Gasteiger partial charge in [-0.05, 0) is 0 Å². The minimum Gasteiger partial charge on any atom is -0.394 e. The summed E-state index contributed by atoms with van der Waals surface area (Å²) < 4.78 is 0. The van der Waals surface area contributed by atoms with Gasteiger partial charge in [-0.1, -0.05) is 0 Å². The summed E-state index contributed by atoms with van der Waals surface area (Å²) in [6.07, 6.45) is -0.868. The lowest BCUT2D eigenvalue weighted by atomic mass is 10.0. The largest absolute Gasteiger partial charge is 0.394 e. The van der Waals surface area contributed by atoms with Gasteiger partial charge in [0.2, 0.25) is 23.6 Å². The molecule has 0 saturated carbocycles. The van der Waals surface area contributed by atoms with Crippen molar-refractivity contribution in [2.75, 3.05) is 19.8 Å².